The molecule has 0 heterocycles. The highest BCUT2D eigenvalue weighted by atomic mass is 127. The first kappa shape index (κ1) is 18.3. The number of hydrogen-bond acceptors (Lipinski definition) is 3. The minimum absolute atomic E-state index is 0.264. The minimum atomic E-state index is -1.02. The zero-order valence-corrected chi connectivity index (χ0v) is 15.1. The van der Waals surface area contributed by atoms with Crippen LogP contribution in [0.4, 0.5) is 4.39 Å². The summed E-state index contributed by atoms with van der Waals surface area (Å²) in [7, 11) is 0. The van der Waals surface area contributed by atoms with Gasteiger partial charge >= 0.3 is 5.97 Å². The van der Waals surface area contributed by atoms with Gasteiger partial charge in [0.2, 0.25) is 0 Å². The normalized spacial score (nSPS) is 11.2. The van der Waals surface area contributed by atoms with E-state index in [-0.39, 0.29) is 12.4 Å². The summed E-state index contributed by atoms with van der Waals surface area (Å²) in [5.41, 5.74) is 1.72. The van der Waals surface area contributed by atoms with Gasteiger partial charge in [0, 0.05) is 3.58 Å². The molecule has 0 radical (unpaired) electrons. The van der Waals surface area contributed by atoms with E-state index < -0.39 is 5.97 Å². The van der Waals surface area contributed by atoms with E-state index in [9.17, 15) is 9.18 Å². The van der Waals surface area contributed by atoms with Gasteiger partial charge in [0.25, 0.3) is 0 Å². The maximum absolute atomic E-state index is 12.9. The zero-order valence-electron chi connectivity index (χ0n) is 13.0. The molecule has 24 heavy (non-hydrogen) atoms. The Labute approximate surface area is 153 Å². The van der Waals surface area contributed by atoms with Crippen LogP contribution in [0.5, 0.6) is 11.5 Å². The summed E-state index contributed by atoms with van der Waals surface area (Å²) < 4.78 is 24.7. The largest absolute Gasteiger partial charge is 0.489 e. The minimum Gasteiger partial charge on any atom is -0.489 e. The van der Waals surface area contributed by atoms with Crippen LogP contribution in [0, 0.1) is 12.7 Å². The summed E-state index contributed by atoms with van der Waals surface area (Å²) in [4.78, 5) is 10.5. The first-order chi connectivity index (χ1) is 11.5. The molecule has 1 N–H and O–H groups in total. The van der Waals surface area contributed by atoms with E-state index in [4.69, 9.17) is 14.6 Å². The summed E-state index contributed by atoms with van der Waals surface area (Å²) in [5, 5.41) is 8.62. The van der Waals surface area contributed by atoms with Crippen LogP contribution in [0.25, 0.3) is 3.58 Å². The lowest BCUT2D eigenvalue weighted by Crippen LogP contribution is -2.10. The molecule has 0 bridgehead atoms. The molecule has 0 aliphatic carbocycles. The molecule has 6 heteroatoms. The van der Waals surface area contributed by atoms with Crippen LogP contribution in [0.2, 0.25) is 0 Å². The van der Waals surface area contributed by atoms with E-state index in [1.807, 2.05) is 13.0 Å². The van der Waals surface area contributed by atoms with Gasteiger partial charge in [0.05, 0.1) is 0 Å². The van der Waals surface area contributed by atoms with Crippen molar-refractivity contribution in [3.05, 3.63) is 65.5 Å². The highest BCUT2D eigenvalue weighted by molar-refractivity contribution is 14.1. The van der Waals surface area contributed by atoms with Crippen LogP contribution in [-0.2, 0) is 4.79 Å². The smallest absolute Gasteiger partial charge is 0.341 e. The Morgan fingerprint density at radius 2 is 1.92 bits per heavy atom. The second kappa shape index (κ2) is 8.68. The third-order valence-electron chi connectivity index (χ3n) is 3.13. The van der Waals surface area contributed by atoms with Crippen LogP contribution in [0.1, 0.15) is 11.1 Å². The lowest BCUT2D eigenvalue weighted by Gasteiger charge is -2.10. The average Bonchev–Trinajstić information content (AvgIpc) is 2.54. The molecule has 126 valence electrons. The fourth-order valence-corrected chi connectivity index (χ4v) is 2.49. The van der Waals surface area contributed by atoms with Crippen LogP contribution < -0.4 is 9.47 Å². The average molecular weight is 442 g/mol. The number of rotatable bonds is 7. The van der Waals surface area contributed by atoms with Crippen LogP contribution in [0.15, 0.2) is 48.5 Å². The van der Waals surface area contributed by atoms with Gasteiger partial charge < -0.3 is 14.6 Å². The monoisotopic (exact) mass is 442 g/mol. The summed E-state index contributed by atoms with van der Waals surface area (Å²) in [6.07, 6.45) is 1.90. The molecule has 0 saturated carbocycles. The fourth-order valence-electron chi connectivity index (χ4n) is 1.95. The molecule has 2 aromatic rings. The van der Waals surface area contributed by atoms with Crippen molar-refractivity contribution < 1.29 is 23.8 Å². The third-order valence-corrected chi connectivity index (χ3v) is 4.19. The van der Waals surface area contributed by atoms with E-state index in [1.54, 1.807) is 30.3 Å². The van der Waals surface area contributed by atoms with E-state index in [2.05, 4.69) is 22.6 Å². The molecule has 0 unspecified atom stereocenters. The molecule has 2 rings (SSSR count). The summed E-state index contributed by atoms with van der Waals surface area (Å²) in [6.45, 7) is 1.81. The number of benzene rings is 2. The van der Waals surface area contributed by atoms with E-state index in [1.165, 1.54) is 12.1 Å². The topological polar surface area (TPSA) is 55.8 Å². The molecule has 0 amide bonds. The number of carboxylic acid groups (broad SMARTS) is 1. The molecule has 4 nitrogen and oxygen atoms in total. The van der Waals surface area contributed by atoms with Gasteiger partial charge in [0.1, 0.15) is 23.9 Å². The molecule has 0 aliphatic rings. The van der Waals surface area contributed by atoms with Gasteiger partial charge in [-0.25, -0.2) is 9.18 Å². The van der Waals surface area contributed by atoms with E-state index in [0.717, 1.165) is 14.7 Å². The summed E-state index contributed by atoms with van der Waals surface area (Å²) >= 11 is 2.17. The second-order valence-corrected chi connectivity index (χ2v) is 6.14. The Bertz CT molecular complexity index is 741. The van der Waals surface area contributed by atoms with E-state index in [0.29, 0.717) is 18.1 Å². The van der Waals surface area contributed by atoms with Gasteiger partial charge in [-0.15, -0.1) is 0 Å². The summed E-state index contributed by atoms with van der Waals surface area (Å²) in [6, 6.07) is 11.5. The Morgan fingerprint density at radius 1 is 1.21 bits per heavy atom. The molecule has 0 fully saturated rings. The first-order valence-corrected chi connectivity index (χ1v) is 8.23. The number of halogens is 2. The molecule has 0 saturated heterocycles. The standard InChI is InChI=1S/C18H16FIO4/c1-12-10-15(6-7-17(12)24-11-18(21)22)23-9-8-16(20)13-2-4-14(19)5-3-13/h2-8,10H,9,11H2,1H3,(H,21,22)/b16-8-. The van der Waals surface area contributed by atoms with Gasteiger partial charge in [-0.2, -0.15) is 0 Å². The van der Waals surface area contributed by atoms with Crippen molar-refractivity contribution in [3.63, 3.8) is 0 Å². The lowest BCUT2D eigenvalue weighted by atomic mass is 10.2. The number of hydrogen-bond donors (Lipinski definition) is 1. The predicted molar refractivity (Wildman–Crippen MR) is 98.2 cm³/mol. The van der Waals surface area contributed by atoms with Crippen molar-refractivity contribution in [2.75, 3.05) is 13.2 Å². The quantitative estimate of drug-likeness (QED) is 0.644. The van der Waals surface area contributed by atoms with Crippen LogP contribution in [-0.4, -0.2) is 24.3 Å². The van der Waals surface area contributed by atoms with Crippen molar-refractivity contribution in [1.82, 2.24) is 0 Å². The van der Waals surface area contributed by atoms with Crippen LogP contribution >= 0.6 is 22.6 Å². The lowest BCUT2D eigenvalue weighted by molar-refractivity contribution is -0.139. The van der Waals surface area contributed by atoms with Gasteiger partial charge in [-0.1, -0.05) is 12.1 Å². The van der Waals surface area contributed by atoms with Crippen molar-refractivity contribution in [2.45, 2.75) is 6.92 Å². The van der Waals surface area contributed by atoms with Gasteiger partial charge in [-0.3, -0.25) is 0 Å². The van der Waals surface area contributed by atoms with Crippen molar-refractivity contribution in [3.8, 4) is 11.5 Å². The molecule has 0 atom stereocenters. The highest BCUT2D eigenvalue weighted by Crippen LogP contribution is 2.25. The van der Waals surface area contributed by atoms with E-state index >= 15 is 0 Å². The molecule has 0 aromatic heterocycles. The number of carbonyl (C=O) groups is 1. The van der Waals surface area contributed by atoms with Gasteiger partial charge in [-0.05, 0) is 77.0 Å². The zero-order chi connectivity index (χ0) is 17.5. The van der Waals surface area contributed by atoms with Crippen molar-refractivity contribution >= 4 is 32.1 Å². The number of ether oxygens (including phenoxy) is 2. The number of carboxylic acids is 1. The maximum Gasteiger partial charge on any atom is 0.341 e. The Hall–Kier alpha value is -2.09. The van der Waals surface area contributed by atoms with Crippen molar-refractivity contribution in [2.24, 2.45) is 0 Å². The molecule has 2 aromatic carbocycles. The van der Waals surface area contributed by atoms with Crippen LogP contribution in [0.3, 0.4) is 0 Å². The third kappa shape index (κ3) is 5.52. The first-order valence-electron chi connectivity index (χ1n) is 7.15. The van der Waals surface area contributed by atoms with Gasteiger partial charge in [0.15, 0.2) is 6.61 Å². The Kier molecular flexibility index (Phi) is 6.60. The Balaban J connectivity index is 1.94. The summed E-state index contributed by atoms with van der Waals surface area (Å²) in [5.74, 6) is -0.106. The number of aliphatic carboxylic acids is 1. The predicted octanol–water partition coefficient (Wildman–Crippen LogP) is 4.45. The molecule has 0 aliphatic heterocycles. The van der Waals surface area contributed by atoms with Crippen molar-refractivity contribution in [1.29, 1.82) is 0 Å². The molecular weight excluding hydrogens is 426 g/mol. The Morgan fingerprint density at radius 3 is 2.54 bits per heavy atom. The number of aryl methyl sites for hydroxylation is 1. The second-order valence-electron chi connectivity index (χ2n) is 4.98. The maximum atomic E-state index is 12.9. The fraction of sp³-hybridized carbons (Fsp3) is 0.167. The highest BCUT2D eigenvalue weighted by Gasteiger charge is 2.05. The molecular formula is C18H16FIO4. The SMILES string of the molecule is Cc1cc(OC/C=C(\I)c2ccc(F)cc2)ccc1OCC(=O)O. The molecule has 0 spiro atoms.